The van der Waals surface area contributed by atoms with E-state index in [1.54, 1.807) is 6.07 Å². The molecule has 48 heavy (non-hydrogen) atoms. The number of aliphatic hydroxyl groups is 2. The molecule has 0 aliphatic carbocycles. The van der Waals surface area contributed by atoms with Crippen LogP contribution in [0.1, 0.15) is 55.1 Å². The third-order valence-electron chi connectivity index (χ3n) is 7.67. The summed E-state index contributed by atoms with van der Waals surface area (Å²) in [6.45, 7) is 4.94. The molecule has 0 saturated carbocycles. The molecule has 0 bridgehead atoms. The number of rotatable bonds is 12. The smallest absolute Gasteiger partial charge is 0.443 e. The van der Waals surface area contributed by atoms with Gasteiger partial charge in [-0.3, -0.25) is 9.69 Å². The van der Waals surface area contributed by atoms with E-state index in [9.17, 15) is 46.1 Å². The average Bonchev–Trinajstić information content (AvgIpc) is 3.31. The monoisotopic (exact) mass is 705 g/mol. The van der Waals surface area contributed by atoms with E-state index in [0.717, 1.165) is 6.04 Å². The van der Waals surface area contributed by atoms with Gasteiger partial charge in [-0.25, -0.2) is 22.9 Å². The number of benzene rings is 2. The third kappa shape index (κ3) is 9.84. The summed E-state index contributed by atoms with van der Waals surface area (Å²) in [6, 6.07) is 6.41. The first kappa shape index (κ1) is 37.4. The Morgan fingerprint density at radius 2 is 1.83 bits per heavy atom. The Kier molecular flexibility index (Phi) is 12.0. The highest BCUT2D eigenvalue weighted by Crippen LogP contribution is 2.34. The van der Waals surface area contributed by atoms with Gasteiger partial charge < -0.3 is 29.3 Å². The van der Waals surface area contributed by atoms with Crippen molar-refractivity contribution in [1.29, 1.82) is 0 Å². The van der Waals surface area contributed by atoms with E-state index in [2.05, 4.69) is 30.2 Å². The summed E-state index contributed by atoms with van der Waals surface area (Å²) < 4.78 is 93.1. The molecule has 17 heteroatoms. The molecule has 264 valence electrons. The van der Waals surface area contributed by atoms with Crippen LogP contribution in [0.3, 0.4) is 0 Å². The van der Waals surface area contributed by atoms with Crippen molar-refractivity contribution in [2.24, 2.45) is 0 Å². The fourth-order valence-electron chi connectivity index (χ4n) is 5.46. The molecule has 2 aromatic rings. The van der Waals surface area contributed by atoms with E-state index < -0.39 is 73.7 Å². The van der Waals surface area contributed by atoms with Crippen molar-refractivity contribution in [2.45, 2.75) is 89.1 Å². The number of aliphatic hydroxyl groups excluding tert-OH is 2. The summed E-state index contributed by atoms with van der Waals surface area (Å²) in [6.07, 6.45) is -11.4. The van der Waals surface area contributed by atoms with Gasteiger partial charge in [0, 0.05) is 34.3 Å². The molecule has 10 nitrogen and oxygen atoms in total. The molecule has 2 aliphatic rings. The molecule has 1 saturated heterocycles. The van der Waals surface area contributed by atoms with Gasteiger partial charge in [0.15, 0.2) is 6.61 Å². The lowest BCUT2D eigenvalue weighted by molar-refractivity contribution is -0.274. The first-order valence-corrected chi connectivity index (χ1v) is 16.3. The molecule has 0 spiro atoms. The van der Waals surface area contributed by atoms with E-state index >= 15 is 0 Å². The number of nitrogens with zero attached hydrogens (tertiary/aromatic N) is 3. The van der Waals surface area contributed by atoms with E-state index in [0.29, 0.717) is 44.8 Å². The minimum absolute atomic E-state index is 0.0458. The summed E-state index contributed by atoms with van der Waals surface area (Å²) in [4.78, 5) is 29.8. The highest BCUT2D eigenvalue weighted by atomic mass is 28.2. The van der Waals surface area contributed by atoms with Gasteiger partial charge in [-0.1, -0.05) is 32.9 Å². The van der Waals surface area contributed by atoms with Crippen LogP contribution in [0, 0.1) is 5.82 Å². The Labute approximate surface area is 276 Å². The number of hydrogen-bond donors (Lipinski definition) is 2. The van der Waals surface area contributed by atoms with Crippen LogP contribution in [-0.4, -0.2) is 92.8 Å². The summed E-state index contributed by atoms with van der Waals surface area (Å²) in [5, 5.41) is 21.9. The minimum atomic E-state index is -5.14. The van der Waals surface area contributed by atoms with E-state index in [1.807, 2.05) is 0 Å². The van der Waals surface area contributed by atoms with E-state index in [-0.39, 0.29) is 42.3 Å². The van der Waals surface area contributed by atoms with Crippen LogP contribution in [0.4, 0.5) is 36.8 Å². The molecule has 2 radical (unpaired) electrons. The van der Waals surface area contributed by atoms with Crippen molar-refractivity contribution >= 4 is 27.2 Å². The number of likely N-dealkylation sites (tertiary alicyclic amines) is 1. The van der Waals surface area contributed by atoms with Gasteiger partial charge in [0.05, 0.1) is 18.3 Å². The number of anilines is 1. The summed E-state index contributed by atoms with van der Waals surface area (Å²) in [5.41, 5.74) is 0.207. The molecule has 4 rings (SSSR count). The Hall–Kier alpha value is -3.38. The van der Waals surface area contributed by atoms with Gasteiger partial charge in [-0.2, -0.15) is 0 Å². The molecule has 2 N–H and O–H groups in total. The lowest BCUT2D eigenvalue weighted by Crippen LogP contribution is -2.59. The minimum Gasteiger partial charge on any atom is -0.443 e. The Balaban J connectivity index is 1.51. The lowest BCUT2D eigenvalue weighted by atomic mass is 10.0. The molecule has 1 fully saturated rings. The quantitative estimate of drug-likeness (QED) is 0.169. The molecule has 2 aromatic carbocycles. The molecule has 2 heterocycles. The average molecular weight is 706 g/mol. The maximum atomic E-state index is 14.9. The SMILES string of the molecule is CC(C)(C)[Si]CCOCN1C(O)CCC(N2Cc3ccc(CN(C(=O)OCC(F)F)c4cc(OC(F)(F)F)ccc4F)cc3C2=O)C1O. The molecule has 2 aliphatic heterocycles. The standard InChI is InChI=1S/C31H37F6N3O7Si/c1-30(2,3)48-11-10-45-17-40-26(41)9-8-23(28(40)43)38-15-19-5-4-18(12-21(19)27(38)42)14-39(29(44)46-16-25(33)34)24-13-20(6-7-22(24)32)47-31(35,36)37/h4-7,12-13,23,25-26,28,41,43H,8-11,14-17H2,1-3H3. The van der Waals surface area contributed by atoms with Crippen LogP contribution in [-0.2, 0) is 22.6 Å². The number of carbonyl (C=O) groups excluding carboxylic acids is 2. The lowest BCUT2D eigenvalue weighted by Gasteiger charge is -2.44. The molecule has 3 unspecified atom stereocenters. The van der Waals surface area contributed by atoms with Gasteiger partial charge >= 0.3 is 12.5 Å². The number of ether oxygens (including phenoxy) is 3. The zero-order valence-electron chi connectivity index (χ0n) is 26.5. The van der Waals surface area contributed by atoms with Gasteiger partial charge in [-0.05, 0) is 53.3 Å². The molecular weight excluding hydrogens is 668 g/mol. The van der Waals surface area contributed by atoms with Crippen molar-refractivity contribution in [3.8, 4) is 5.75 Å². The fourth-order valence-corrected chi connectivity index (χ4v) is 6.45. The highest BCUT2D eigenvalue weighted by molar-refractivity contribution is 6.39. The number of hydrogen-bond acceptors (Lipinski definition) is 8. The number of carbonyl (C=O) groups is 2. The normalized spacial score (nSPS) is 20.3. The van der Waals surface area contributed by atoms with Crippen LogP contribution in [0.5, 0.6) is 5.75 Å². The highest BCUT2D eigenvalue weighted by Gasteiger charge is 2.43. The number of alkyl halides is 5. The van der Waals surface area contributed by atoms with Crippen LogP contribution in [0.15, 0.2) is 36.4 Å². The van der Waals surface area contributed by atoms with Crippen molar-refractivity contribution in [3.05, 3.63) is 58.9 Å². The van der Waals surface area contributed by atoms with Crippen molar-refractivity contribution in [2.75, 3.05) is 24.8 Å². The number of amides is 2. The second-order valence-corrected chi connectivity index (χ2v) is 14.8. The topological polar surface area (TPSA) is 112 Å². The predicted octanol–water partition coefficient (Wildman–Crippen LogP) is 5.50. The Morgan fingerprint density at radius 3 is 2.50 bits per heavy atom. The molecule has 3 atom stereocenters. The molecule has 0 aromatic heterocycles. The summed E-state index contributed by atoms with van der Waals surface area (Å²) in [7, 11) is 0.662. The van der Waals surface area contributed by atoms with Crippen molar-refractivity contribution < 1.29 is 60.4 Å². The summed E-state index contributed by atoms with van der Waals surface area (Å²) >= 11 is 0. The maximum absolute atomic E-state index is 14.9. The number of piperidine rings is 1. The predicted molar refractivity (Wildman–Crippen MR) is 161 cm³/mol. The van der Waals surface area contributed by atoms with Crippen LogP contribution < -0.4 is 9.64 Å². The fraction of sp³-hybridized carbons (Fsp3) is 0.548. The Bertz CT molecular complexity index is 1440. The number of fused-ring (bicyclic) bond motifs is 1. The Morgan fingerprint density at radius 1 is 1.10 bits per heavy atom. The van der Waals surface area contributed by atoms with E-state index in [1.165, 1.54) is 21.9 Å². The van der Waals surface area contributed by atoms with Gasteiger partial charge in [0.1, 0.15) is 30.8 Å². The first-order valence-electron chi connectivity index (χ1n) is 15.1. The number of halogens is 6. The van der Waals surface area contributed by atoms with Crippen LogP contribution in [0.2, 0.25) is 11.1 Å². The zero-order valence-corrected chi connectivity index (χ0v) is 27.5. The third-order valence-corrected chi connectivity index (χ3v) is 9.19. The largest absolute Gasteiger partial charge is 0.573 e. The zero-order chi connectivity index (χ0) is 35.4. The molecule has 2 amide bonds. The first-order chi connectivity index (χ1) is 22.4. The van der Waals surface area contributed by atoms with Gasteiger partial charge in [0.2, 0.25) is 0 Å². The second-order valence-electron chi connectivity index (χ2n) is 12.4. The van der Waals surface area contributed by atoms with Gasteiger partial charge in [0.25, 0.3) is 12.3 Å². The van der Waals surface area contributed by atoms with Crippen LogP contribution in [0.25, 0.3) is 0 Å². The molecular formula is C31H37F6N3O7Si. The summed E-state index contributed by atoms with van der Waals surface area (Å²) in [5.74, 6) is -2.51. The van der Waals surface area contributed by atoms with E-state index in [4.69, 9.17) is 4.74 Å². The van der Waals surface area contributed by atoms with Crippen LogP contribution >= 0.6 is 0 Å². The van der Waals surface area contributed by atoms with Crippen molar-refractivity contribution in [3.63, 3.8) is 0 Å². The van der Waals surface area contributed by atoms with Crippen molar-refractivity contribution in [1.82, 2.24) is 9.80 Å². The maximum Gasteiger partial charge on any atom is 0.573 e. The second kappa shape index (κ2) is 15.4. The van der Waals surface area contributed by atoms with Gasteiger partial charge in [-0.15, -0.1) is 13.2 Å².